The molecule has 2 rings (SSSR count). The maximum atomic E-state index is 10.0. The van der Waals surface area contributed by atoms with Crippen molar-refractivity contribution in [2.75, 3.05) is 5.73 Å². The van der Waals surface area contributed by atoms with Gasteiger partial charge in [0.25, 0.3) is 0 Å². The van der Waals surface area contributed by atoms with Crippen LogP contribution in [-0.2, 0) is 6.54 Å². The SMILES string of the molecule is Nc1ccnn1CC(O)c1cccc(Br)c1. The Balaban J connectivity index is 2.14. The molecule has 0 bridgehead atoms. The standard InChI is InChI=1S/C11H12BrN3O/c12-9-3-1-2-8(6-9)10(16)7-15-11(13)4-5-14-15/h1-6,10,16H,7,13H2. The molecule has 1 heterocycles. The van der Waals surface area contributed by atoms with Crippen LogP contribution < -0.4 is 5.73 Å². The highest BCUT2D eigenvalue weighted by atomic mass is 79.9. The van der Waals surface area contributed by atoms with Crippen LogP contribution in [0.4, 0.5) is 5.82 Å². The van der Waals surface area contributed by atoms with Crippen LogP contribution in [0.2, 0.25) is 0 Å². The minimum atomic E-state index is -0.611. The van der Waals surface area contributed by atoms with Crippen molar-refractivity contribution in [1.82, 2.24) is 9.78 Å². The average Bonchev–Trinajstić information content (AvgIpc) is 2.64. The Morgan fingerprint density at radius 1 is 1.44 bits per heavy atom. The average molecular weight is 282 g/mol. The van der Waals surface area contributed by atoms with E-state index < -0.39 is 6.10 Å². The van der Waals surface area contributed by atoms with E-state index >= 15 is 0 Å². The van der Waals surface area contributed by atoms with Gasteiger partial charge >= 0.3 is 0 Å². The number of aliphatic hydroxyl groups is 1. The Morgan fingerprint density at radius 3 is 2.88 bits per heavy atom. The third kappa shape index (κ3) is 2.43. The second-order valence-electron chi connectivity index (χ2n) is 3.51. The van der Waals surface area contributed by atoms with Crippen molar-refractivity contribution in [1.29, 1.82) is 0 Å². The number of anilines is 1. The van der Waals surface area contributed by atoms with Crippen molar-refractivity contribution < 1.29 is 5.11 Å². The first-order valence-electron chi connectivity index (χ1n) is 4.87. The Bertz CT molecular complexity index is 484. The molecule has 0 fully saturated rings. The van der Waals surface area contributed by atoms with E-state index in [1.807, 2.05) is 24.3 Å². The van der Waals surface area contributed by atoms with Crippen LogP contribution in [0, 0.1) is 0 Å². The van der Waals surface area contributed by atoms with Crippen LogP contribution in [0.3, 0.4) is 0 Å². The fourth-order valence-electron chi connectivity index (χ4n) is 1.48. The Kier molecular flexibility index (Phi) is 3.26. The number of nitrogens with zero attached hydrogens (tertiary/aromatic N) is 2. The first kappa shape index (κ1) is 11.2. The molecule has 0 radical (unpaired) electrons. The summed E-state index contributed by atoms with van der Waals surface area (Å²) in [6.45, 7) is 0.356. The molecule has 16 heavy (non-hydrogen) atoms. The molecule has 0 aliphatic rings. The van der Waals surface area contributed by atoms with E-state index in [4.69, 9.17) is 5.73 Å². The van der Waals surface area contributed by atoms with Gasteiger partial charge in [0.05, 0.1) is 18.8 Å². The molecule has 0 aliphatic heterocycles. The van der Waals surface area contributed by atoms with Gasteiger partial charge in [0, 0.05) is 4.47 Å². The fraction of sp³-hybridized carbons (Fsp3) is 0.182. The lowest BCUT2D eigenvalue weighted by Gasteiger charge is -2.12. The number of aromatic nitrogens is 2. The number of hydrogen-bond donors (Lipinski definition) is 2. The quantitative estimate of drug-likeness (QED) is 0.904. The molecule has 0 amide bonds. The number of rotatable bonds is 3. The smallest absolute Gasteiger partial charge is 0.121 e. The molecular weight excluding hydrogens is 270 g/mol. The van der Waals surface area contributed by atoms with Crippen LogP contribution >= 0.6 is 15.9 Å². The Labute approximate surface area is 102 Å². The van der Waals surface area contributed by atoms with Gasteiger partial charge < -0.3 is 10.8 Å². The van der Waals surface area contributed by atoms with Crippen LogP contribution in [0.5, 0.6) is 0 Å². The van der Waals surface area contributed by atoms with Gasteiger partial charge in [0.2, 0.25) is 0 Å². The van der Waals surface area contributed by atoms with Crippen molar-refractivity contribution in [3.63, 3.8) is 0 Å². The molecule has 0 saturated carbocycles. The van der Waals surface area contributed by atoms with Crippen molar-refractivity contribution in [2.24, 2.45) is 0 Å². The van der Waals surface area contributed by atoms with Crippen molar-refractivity contribution in [3.05, 3.63) is 46.6 Å². The van der Waals surface area contributed by atoms with E-state index in [1.165, 1.54) is 0 Å². The van der Waals surface area contributed by atoms with Gasteiger partial charge in [-0.25, -0.2) is 4.68 Å². The molecule has 84 valence electrons. The largest absolute Gasteiger partial charge is 0.386 e. The molecular formula is C11H12BrN3O. The van der Waals surface area contributed by atoms with Gasteiger partial charge in [-0.1, -0.05) is 28.1 Å². The summed E-state index contributed by atoms with van der Waals surface area (Å²) in [4.78, 5) is 0. The second kappa shape index (κ2) is 4.67. The van der Waals surface area contributed by atoms with E-state index in [-0.39, 0.29) is 0 Å². The number of halogens is 1. The van der Waals surface area contributed by atoms with Crippen LogP contribution in [-0.4, -0.2) is 14.9 Å². The van der Waals surface area contributed by atoms with Crippen molar-refractivity contribution >= 4 is 21.7 Å². The summed E-state index contributed by atoms with van der Waals surface area (Å²) in [5.74, 6) is 0.550. The lowest BCUT2D eigenvalue weighted by molar-refractivity contribution is 0.152. The van der Waals surface area contributed by atoms with Gasteiger partial charge in [-0.2, -0.15) is 5.10 Å². The molecule has 0 aliphatic carbocycles. The molecule has 1 unspecified atom stereocenters. The monoisotopic (exact) mass is 281 g/mol. The van der Waals surface area contributed by atoms with Crippen molar-refractivity contribution in [2.45, 2.75) is 12.6 Å². The zero-order valence-electron chi connectivity index (χ0n) is 8.55. The summed E-state index contributed by atoms with van der Waals surface area (Å²) in [6, 6.07) is 9.25. The predicted molar refractivity (Wildman–Crippen MR) is 65.7 cm³/mol. The first-order valence-corrected chi connectivity index (χ1v) is 5.67. The number of nitrogen functional groups attached to an aromatic ring is 1. The summed E-state index contributed by atoms with van der Waals surface area (Å²) in [7, 11) is 0. The third-order valence-corrected chi connectivity index (χ3v) is 2.82. The summed E-state index contributed by atoms with van der Waals surface area (Å²) >= 11 is 3.36. The van der Waals surface area contributed by atoms with E-state index in [9.17, 15) is 5.11 Å². The van der Waals surface area contributed by atoms with E-state index in [1.54, 1.807) is 16.9 Å². The molecule has 5 heteroatoms. The minimum Gasteiger partial charge on any atom is -0.386 e. The predicted octanol–water partition coefficient (Wildman–Crippen LogP) is 1.96. The molecule has 1 atom stereocenters. The van der Waals surface area contributed by atoms with Crippen LogP contribution in [0.15, 0.2) is 41.0 Å². The van der Waals surface area contributed by atoms with Gasteiger partial charge in [-0.05, 0) is 23.8 Å². The second-order valence-corrected chi connectivity index (χ2v) is 4.42. The zero-order chi connectivity index (χ0) is 11.5. The minimum absolute atomic E-state index is 0.356. The van der Waals surface area contributed by atoms with E-state index in [0.717, 1.165) is 10.0 Å². The maximum Gasteiger partial charge on any atom is 0.121 e. The first-order chi connectivity index (χ1) is 7.66. The number of benzene rings is 1. The number of aliphatic hydroxyl groups excluding tert-OH is 1. The molecule has 0 spiro atoms. The normalized spacial score (nSPS) is 12.6. The van der Waals surface area contributed by atoms with Crippen LogP contribution in [0.25, 0.3) is 0 Å². The fourth-order valence-corrected chi connectivity index (χ4v) is 1.90. The third-order valence-electron chi connectivity index (χ3n) is 2.33. The molecule has 1 aromatic carbocycles. The van der Waals surface area contributed by atoms with Gasteiger partial charge in [0.15, 0.2) is 0 Å². The van der Waals surface area contributed by atoms with E-state index in [2.05, 4.69) is 21.0 Å². The molecule has 2 aromatic rings. The summed E-state index contributed by atoms with van der Waals surface area (Å²) in [6.07, 6.45) is 1.00. The van der Waals surface area contributed by atoms with Gasteiger partial charge in [-0.3, -0.25) is 0 Å². The summed E-state index contributed by atoms with van der Waals surface area (Å²) in [5, 5.41) is 14.0. The Morgan fingerprint density at radius 2 is 2.25 bits per heavy atom. The van der Waals surface area contributed by atoms with Crippen molar-refractivity contribution in [3.8, 4) is 0 Å². The topological polar surface area (TPSA) is 64.1 Å². The summed E-state index contributed by atoms with van der Waals surface area (Å²) in [5.41, 5.74) is 6.51. The maximum absolute atomic E-state index is 10.0. The molecule has 0 saturated heterocycles. The number of nitrogens with two attached hydrogens (primary N) is 1. The highest BCUT2D eigenvalue weighted by Crippen LogP contribution is 2.20. The molecule has 3 N–H and O–H groups in total. The van der Waals surface area contributed by atoms with Gasteiger partial charge in [-0.15, -0.1) is 0 Å². The Hall–Kier alpha value is -1.33. The van der Waals surface area contributed by atoms with Gasteiger partial charge in [0.1, 0.15) is 5.82 Å². The van der Waals surface area contributed by atoms with Crippen LogP contribution in [0.1, 0.15) is 11.7 Å². The summed E-state index contributed by atoms with van der Waals surface area (Å²) < 4.78 is 2.52. The highest BCUT2D eigenvalue weighted by molar-refractivity contribution is 9.10. The lowest BCUT2D eigenvalue weighted by atomic mass is 10.1. The zero-order valence-corrected chi connectivity index (χ0v) is 10.1. The van der Waals surface area contributed by atoms with E-state index in [0.29, 0.717) is 12.4 Å². The molecule has 4 nitrogen and oxygen atoms in total. The molecule has 1 aromatic heterocycles. The lowest BCUT2D eigenvalue weighted by Crippen LogP contribution is -2.12. The number of hydrogen-bond acceptors (Lipinski definition) is 3. The highest BCUT2D eigenvalue weighted by Gasteiger charge is 2.10.